The standard InChI is InChI=1S/C15H10Cl2N4O2S2/c16-9-4-1-7(5-10(9)17)11-6-24-15(18-11)25-13-12(19-21-20-13)14(22)23-8-2-3-8/h1,4-6,8H,2-3H2,(H,19,20,21). The highest BCUT2D eigenvalue weighted by Gasteiger charge is 2.29. The number of aromatic nitrogens is 4. The predicted molar refractivity (Wildman–Crippen MR) is 96.5 cm³/mol. The Morgan fingerprint density at radius 2 is 2.12 bits per heavy atom. The molecule has 1 aliphatic carbocycles. The van der Waals surface area contributed by atoms with Gasteiger partial charge in [-0.05, 0) is 36.7 Å². The van der Waals surface area contributed by atoms with E-state index in [1.54, 1.807) is 12.1 Å². The minimum atomic E-state index is -0.458. The summed E-state index contributed by atoms with van der Waals surface area (Å²) < 4.78 is 6.00. The first-order chi connectivity index (χ1) is 12.1. The van der Waals surface area contributed by atoms with Crippen LogP contribution in [0.1, 0.15) is 23.3 Å². The lowest BCUT2D eigenvalue weighted by atomic mass is 10.2. The third-order valence-corrected chi connectivity index (χ3v) is 6.05. The third kappa shape index (κ3) is 3.82. The second-order valence-corrected chi connectivity index (χ2v) is 8.22. The lowest BCUT2D eigenvalue weighted by Crippen LogP contribution is -2.08. The average Bonchev–Trinajstić information content (AvgIpc) is 3.10. The summed E-state index contributed by atoms with van der Waals surface area (Å²) in [6.07, 6.45) is 1.83. The maximum Gasteiger partial charge on any atom is 0.362 e. The van der Waals surface area contributed by atoms with Crippen LogP contribution in [0.3, 0.4) is 0 Å². The molecule has 0 atom stereocenters. The molecule has 1 saturated carbocycles. The highest BCUT2D eigenvalue weighted by Crippen LogP contribution is 2.35. The maximum atomic E-state index is 12.1. The van der Waals surface area contributed by atoms with Gasteiger partial charge in [0.1, 0.15) is 6.10 Å². The van der Waals surface area contributed by atoms with Gasteiger partial charge in [-0.15, -0.1) is 21.5 Å². The van der Waals surface area contributed by atoms with E-state index in [-0.39, 0.29) is 11.8 Å². The van der Waals surface area contributed by atoms with Crippen LogP contribution >= 0.6 is 46.3 Å². The minimum absolute atomic E-state index is 0.0168. The monoisotopic (exact) mass is 412 g/mol. The summed E-state index contributed by atoms with van der Waals surface area (Å²) in [5.74, 6) is -0.458. The molecule has 0 amide bonds. The van der Waals surface area contributed by atoms with E-state index >= 15 is 0 Å². The van der Waals surface area contributed by atoms with Crippen molar-refractivity contribution >= 4 is 52.3 Å². The number of nitrogens with zero attached hydrogens (tertiary/aromatic N) is 3. The van der Waals surface area contributed by atoms with Crippen LogP contribution in [0.2, 0.25) is 10.0 Å². The molecule has 0 saturated heterocycles. The molecule has 0 unspecified atom stereocenters. The summed E-state index contributed by atoms with van der Waals surface area (Å²) in [4.78, 5) is 16.6. The molecule has 1 N–H and O–H groups in total. The largest absolute Gasteiger partial charge is 0.458 e. The Morgan fingerprint density at radius 3 is 2.88 bits per heavy atom. The lowest BCUT2D eigenvalue weighted by Gasteiger charge is -2.00. The first-order valence-electron chi connectivity index (χ1n) is 7.30. The van der Waals surface area contributed by atoms with Crippen molar-refractivity contribution in [3.63, 3.8) is 0 Å². The van der Waals surface area contributed by atoms with Crippen molar-refractivity contribution in [2.45, 2.75) is 28.3 Å². The van der Waals surface area contributed by atoms with Crippen molar-refractivity contribution in [2.75, 3.05) is 0 Å². The number of ether oxygens (including phenoxy) is 1. The molecule has 0 aliphatic heterocycles. The second-order valence-electron chi connectivity index (χ2n) is 5.31. The number of hydrogen-bond donors (Lipinski definition) is 1. The third-order valence-electron chi connectivity index (χ3n) is 3.39. The van der Waals surface area contributed by atoms with Gasteiger partial charge in [0.15, 0.2) is 9.37 Å². The Hall–Kier alpha value is -1.61. The number of H-pyrrole nitrogens is 1. The maximum absolute atomic E-state index is 12.1. The van der Waals surface area contributed by atoms with Crippen LogP contribution in [0.4, 0.5) is 0 Å². The molecular weight excluding hydrogens is 403 g/mol. The number of halogens is 2. The molecule has 2 aromatic heterocycles. The van der Waals surface area contributed by atoms with Crippen molar-refractivity contribution in [3.05, 3.63) is 39.3 Å². The fourth-order valence-corrected chi connectivity index (χ4v) is 4.04. The van der Waals surface area contributed by atoms with Gasteiger partial charge in [-0.2, -0.15) is 5.21 Å². The van der Waals surface area contributed by atoms with Crippen LogP contribution in [-0.2, 0) is 4.74 Å². The Labute approximate surface area is 160 Å². The van der Waals surface area contributed by atoms with E-state index in [0.29, 0.717) is 15.1 Å². The van der Waals surface area contributed by atoms with E-state index < -0.39 is 5.97 Å². The minimum Gasteiger partial charge on any atom is -0.458 e. The predicted octanol–water partition coefficient (Wildman–Crippen LogP) is 4.71. The Morgan fingerprint density at radius 1 is 1.28 bits per heavy atom. The molecule has 1 fully saturated rings. The SMILES string of the molecule is O=C(OC1CC1)c1n[nH]nc1Sc1nc(-c2ccc(Cl)c(Cl)c2)cs1. The smallest absolute Gasteiger partial charge is 0.362 e. The summed E-state index contributed by atoms with van der Waals surface area (Å²) in [6.45, 7) is 0. The topological polar surface area (TPSA) is 80.8 Å². The van der Waals surface area contributed by atoms with E-state index in [1.165, 1.54) is 23.1 Å². The molecule has 4 rings (SSSR count). The molecule has 10 heteroatoms. The zero-order valence-electron chi connectivity index (χ0n) is 12.5. The quantitative estimate of drug-likeness (QED) is 0.611. The zero-order chi connectivity index (χ0) is 17.4. The average molecular weight is 413 g/mol. The Balaban J connectivity index is 1.52. The molecule has 1 aliphatic rings. The Kier molecular flexibility index (Phi) is 4.68. The number of carbonyl (C=O) groups is 1. The van der Waals surface area contributed by atoms with Gasteiger partial charge in [0, 0.05) is 10.9 Å². The van der Waals surface area contributed by atoms with Crippen LogP contribution in [0.5, 0.6) is 0 Å². The summed E-state index contributed by atoms with van der Waals surface area (Å²) in [5.41, 5.74) is 1.82. The summed E-state index contributed by atoms with van der Waals surface area (Å²) in [6, 6.07) is 5.35. The van der Waals surface area contributed by atoms with Gasteiger partial charge < -0.3 is 4.74 Å². The van der Waals surface area contributed by atoms with E-state index in [0.717, 1.165) is 28.4 Å². The van der Waals surface area contributed by atoms with Gasteiger partial charge in [0.05, 0.1) is 15.7 Å². The number of carbonyl (C=O) groups excluding carboxylic acids is 1. The van der Waals surface area contributed by atoms with Crippen molar-refractivity contribution < 1.29 is 9.53 Å². The first-order valence-corrected chi connectivity index (χ1v) is 9.76. The van der Waals surface area contributed by atoms with Gasteiger partial charge in [0.2, 0.25) is 5.69 Å². The molecule has 0 spiro atoms. The van der Waals surface area contributed by atoms with E-state index in [1.807, 2.05) is 11.4 Å². The molecule has 25 heavy (non-hydrogen) atoms. The molecule has 2 heterocycles. The number of esters is 1. The zero-order valence-corrected chi connectivity index (χ0v) is 15.7. The number of thiazole rings is 1. The van der Waals surface area contributed by atoms with Gasteiger partial charge in [-0.3, -0.25) is 0 Å². The van der Waals surface area contributed by atoms with Gasteiger partial charge in [-0.25, -0.2) is 9.78 Å². The van der Waals surface area contributed by atoms with E-state index in [2.05, 4.69) is 20.4 Å². The van der Waals surface area contributed by atoms with Crippen LogP contribution in [0, 0.1) is 0 Å². The molecule has 0 radical (unpaired) electrons. The highest BCUT2D eigenvalue weighted by molar-refractivity contribution is 8.01. The molecule has 3 aromatic rings. The van der Waals surface area contributed by atoms with Gasteiger partial charge >= 0.3 is 5.97 Å². The fourth-order valence-electron chi connectivity index (χ4n) is 1.99. The van der Waals surface area contributed by atoms with Crippen LogP contribution in [0.25, 0.3) is 11.3 Å². The molecule has 1 aromatic carbocycles. The van der Waals surface area contributed by atoms with Crippen molar-refractivity contribution in [2.24, 2.45) is 0 Å². The van der Waals surface area contributed by atoms with Crippen molar-refractivity contribution in [1.29, 1.82) is 0 Å². The summed E-state index contributed by atoms with van der Waals surface area (Å²) >= 11 is 14.7. The number of nitrogens with one attached hydrogen (secondary N) is 1. The number of hydrogen-bond acceptors (Lipinski definition) is 7. The molecular formula is C15H10Cl2N4O2S2. The lowest BCUT2D eigenvalue weighted by molar-refractivity contribution is 0.0461. The van der Waals surface area contributed by atoms with E-state index in [4.69, 9.17) is 27.9 Å². The van der Waals surface area contributed by atoms with E-state index in [9.17, 15) is 4.79 Å². The van der Waals surface area contributed by atoms with Crippen molar-refractivity contribution in [1.82, 2.24) is 20.4 Å². The second kappa shape index (κ2) is 6.95. The normalized spacial score (nSPS) is 13.8. The first kappa shape index (κ1) is 16.8. The molecule has 128 valence electrons. The van der Waals surface area contributed by atoms with Crippen LogP contribution in [0.15, 0.2) is 32.9 Å². The number of aromatic amines is 1. The Bertz CT molecular complexity index is 939. The molecule has 0 bridgehead atoms. The number of benzene rings is 1. The highest BCUT2D eigenvalue weighted by atomic mass is 35.5. The number of rotatable bonds is 5. The fraction of sp³-hybridized carbons (Fsp3) is 0.200. The van der Waals surface area contributed by atoms with Gasteiger partial charge in [-0.1, -0.05) is 29.3 Å². The van der Waals surface area contributed by atoms with Gasteiger partial charge in [0.25, 0.3) is 0 Å². The summed E-state index contributed by atoms with van der Waals surface area (Å²) in [5, 5.41) is 13.7. The molecule has 6 nitrogen and oxygen atoms in total. The van der Waals surface area contributed by atoms with Crippen LogP contribution < -0.4 is 0 Å². The summed E-state index contributed by atoms with van der Waals surface area (Å²) in [7, 11) is 0. The van der Waals surface area contributed by atoms with Crippen molar-refractivity contribution in [3.8, 4) is 11.3 Å². The van der Waals surface area contributed by atoms with Crippen LogP contribution in [-0.4, -0.2) is 32.5 Å².